The average Bonchev–Trinajstić information content (AvgIpc) is 2.65. The fraction of sp³-hybridized carbons (Fsp3) is 0.611. The van der Waals surface area contributed by atoms with Crippen molar-refractivity contribution in [2.45, 2.75) is 18.8 Å². The van der Waals surface area contributed by atoms with Gasteiger partial charge in [-0.15, -0.1) is 24.0 Å². The van der Waals surface area contributed by atoms with E-state index < -0.39 is 10.0 Å². The lowest BCUT2D eigenvalue weighted by molar-refractivity contribution is 0.264. The molecule has 0 saturated carbocycles. The first-order chi connectivity index (χ1) is 12.4. The number of sulfonamides is 1. The Bertz CT molecular complexity index is 677. The number of guanidine groups is 1. The van der Waals surface area contributed by atoms with E-state index in [4.69, 9.17) is 0 Å². The molecule has 1 aromatic rings. The standard InChI is InChI=1S/C18H30N4O3S.HI/c1-19-18(21-13-17(14-23)16-6-4-3-5-7-16)20-12-15-8-10-22(11-9-15)26(2,24)25;/h3-7,15,17,23H,8-14H2,1-2H3,(H2,19,20,21);1H. The smallest absolute Gasteiger partial charge is 0.211 e. The van der Waals surface area contributed by atoms with Gasteiger partial charge in [-0.2, -0.15) is 0 Å². The monoisotopic (exact) mass is 510 g/mol. The molecule has 0 aliphatic carbocycles. The van der Waals surface area contributed by atoms with Crippen LogP contribution in [0, 0.1) is 5.92 Å². The van der Waals surface area contributed by atoms with E-state index in [0.29, 0.717) is 31.5 Å². The average molecular weight is 510 g/mol. The minimum atomic E-state index is -3.08. The van der Waals surface area contributed by atoms with Gasteiger partial charge < -0.3 is 15.7 Å². The summed E-state index contributed by atoms with van der Waals surface area (Å²) in [6.07, 6.45) is 2.96. The summed E-state index contributed by atoms with van der Waals surface area (Å²) in [6.45, 7) is 2.58. The summed E-state index contributed by atoms with van der Waals surface area (Å²) in [7, 11) is -1.36. The first-order valence-corrected chi connectivity index (χ1v) is 10.8. The Morgan fingerprint density at radius 3 is 2.41 bits per heavy atom. The zero-order chi connectivity index (χ0) is 19.0. The van der Waals surface area contributed by atoms with Crippen molar-refractivity contribution in [3.05, 3.63) is 35.9 Å². The van der Waals surface area contributed by atoms with Gasteiger partial charge in [-0.1, -0.05) is 30.3 Å². The van der Waals surface area contributed by atoms with E-state index in [9.17, 15) is 13.5 Å². The molecule has 9 heteroatoms. The maximum Gasteiger partial charge on any atom is 0.211 e. The second-order valence-corrected chi connectivity index (χ2v) is 8.71. The molecule has 1 fully saturated rings. The first kappa shape index (κ1) is 24.1. The Morgan fingerprint density at radius 2 is 1.89 bits per heavy atom. The number of hydrogen-bond donors (Lipinski definition) is 3. The molecule has 0 aromatic heterocycles. The molecule has 1 unspecified atom stereocenters. The third kappa shape index (κ3) is 7.92. The van der Waals surface area contributed by atoms with Crippen molar-refractivity contribution in [2.24, 2.45) is 10.9 Å². The molecular formula is C18H31IN4O3S. The maximum absolute atomic E-state index is 11.6. The van der Waals surface area contributed by atoms with Gasteiger partial charge >= 0.3 is 0 Å². The molecule has 0 bridgehead atoms. The fourth-order valence-corrected chi connectivity index (χ4v) is 4.01. The summed E-state index contributed by atoms with van der Waals surface area (Å²) in [5.74, 6) is 1.13. The van der Waals surface area contributed by atoms with E-state index >= 15 is 0 Å². The zero-order valence-electron chi connectivity index (χ0n) is 16.0. The van der Waals surface area contributed by atoms with E-state index in [2.05, 4.69) is 15.6 Å². The zero-order valence-corrected chi connectivity index (χ0v) is 19.1. The van der Waals surface area contributed by atoms with Crippen LogP contribution in [0.4, 0.5) is 0 Å². The van der Waals surface area contributed by atoms with Crippen molar-refractivity contribution in [3.8, 4) is 0 Å². The lowest BCUT2D eigenvalue weighted by Crippen LogP contribution is -2.44. The minimum absolute atomic E-state index is 0. The highest BCUT2D eigenvalue weighted by Crippen LogP contribution is 2.18. The van der Waals surface area contributed by atoms with Crippen LogP contribution in [0.5, 0.6) is 0 Å². The summed E-state index contributed by atoms with van der Waals surface area (Å²) >= 11 is 0. The number of piperidine rings is 1. The molecule has 1 aromatic carbocycles. The number of rotatable bonds is 7. The molecule has 0 spiro atoms. The second kappa shape index (κ2) is 11.8. The van der Waals surface area contributed by atoms with Crippen LogP contribution in [0.3, 0.4) is 0 Å². The number of halogens is 1. The highest BCUT2D eigenvalue weighted by Gasteiger charge is 2.24. The molecule has 1 heterocycles. The number of benzene rings is 1. The molecule has 27 heavy (non-hydrogen) atoms. The Hall–Kier alpha value is -0.910. The van der Waals surface area contributed by atoms with Crippen LogP contribution in [-0.4, -0.2) is 69.9 Å². The molecule has 2 rings (SSSR count). The van der Waals surface area contributed by atoms with Crippen LogP contribution in [0.25, 0.3) is 0 Å². The van der Waals surface area contributed by atoms with Crippen LogP contribution < -0.4 is 10.6 Å². The van der Waals surface area contributed by atoms with Crippen LogP contribution in [0.1, 0.15) is 24.3 Å². The van der Waals surface area contributed by atoms with E-state index in [1.165, 1.54) is 6.26 Å². The van der Waals surface area contributed by atoms with Crippen LogP contribution >= 0.6 is 24.0 Å². The topological polar surface area (TPSA) is 94.0 Å². The van der Waals surface area contributed by atoms with E-state index in [1.54, 1.807) is 11.4 Å². The predicted molar refractivity (Wildman–Crippen MR) is 120 cm³/mol. The predicted octanol–water partition coefficient (Wildman–Crippen LogP) is 1.22. The van der Waals surface area contributed by atoms with Gasteiger partial charge in [0.05, 0.1) is 12.9 Å². The SMILES string of the molecule is CN=C(NCC1CCN(S(C)(=O)=O)CC1)NCC(CO)c1ccccc1.I. The molecule has 1 aliphatic rings. The summed E-state index contributed by atoms with van der Waals surface area (Å²) in [4.78, 5) is 4.23. The molecule has 154 valence electrons. The van der Waals surface area contributed by atoms with Crippen molar-refractivity contribution in [3.63, 3.8) is 0 Å². The second-order valence-electron chi connectivity index (χ2n) is 6.73. The van der Waals surface area contributed by atoms with Crippen LogP contribution in [0.2, 0.25) is 0 Å². The Morgan fingerprint density at radius 1 is 1.26 bits per heavy atom. The number of aliphatic hydroxyl groups excluding tert-OH is 1. The van der Waals surface area contributed by atoms with Gasteiger partial charge in [0.15, 0.2) is 5.96 Å². The van der Waals surface area contributed by atoms with Crippen molar-refractivity contribution in [1.82, 2.24) is 14.9 Å². The first-order valence-electron chi connectivity index (χ1n) is 8.99. The molecule has 1 atom stereocenters. The Balaban J connectivity index is 0.00000364. The molecular weight excluding hydrogens is 479 g/mol. The van der Waals surface area contributed by atoms with Gasteiger partial charge in [0.25, 0.3) is 0 Å². The largest absolute Gasteiger partial charge is 0.396 e. The normalized spacial score (nSPS) is 17.8. The third-order valence-corrected chi connectivity index (χ3v) is 6.13. The number of hydrogen-bond acceptors (Lipinski definition) is 4. The molecule has 1 saturated heterocycles. The number of nitrogens with one attached hydrogen (secondary N) is 2. The van der Waals surface area contributed by atoms with Crippen LogP contribution in [0.15, 0.2) is 35.3 Å². The molecule has 0 amide bonds. The highest BCUT2D eigenvalue weighted by atomic mass is 127. The summed E-state index contributed by atoms with van der Waals surface area (Å²) in [6, 6.07) is 9.91. The molecule has 3 N–H and O–H groups in total. The van der Waals surface area contributed by atoms with Crippen molar-refractivity contribution >= 4 is 40.0 Å². The van der Waals surface area contributed by atoms with E-state index in [-0.39, 0.29) is 36.5 Å². The van der Waals surface area contributed by atoms with Gasteiger partial charge in [0, 0.05) is 39.1 Å². The fourth-order valence-electron chi connectivity index (χ4n) is 3.14. The highest BCUT2D eigenvalue weighted by molar-refractivity contribution is 14.0. The van der Waals surface area contributed by atoms with Gasteiger partial charge in [-0.25, -0.2) is 12.7 Å². The number of nitrogens with zero attached hydrogens (tertiary/aromatic N) is 2. The minimum Gasteiger partial charge on any atom is -0.396 e. The molecule has 0 radical (unpaired) electrons. The quantitative estimate of drug-likeness (QED) is 0.292. The number of aliphatic imine (C=N–C) groups is 1. The number of aliphatic hydroxyl groups is 1. The van der Waals surface area contributed by atoms with Crippen LogP contribution in [-0.2, 0) is 10.0 Å². The van der Waals surface area contributed by atoms with Gasteiger partial charge in [0.2, 0.25) is 10.0 Å². The lowest BCUT2D eigenvalue weighted by Gasteiger charge is -2.30. The van der Waals surface area contributed by atoms with E-state index in [1.807, 2.05) is 30.3 Å². The van der Waals surface area contributed by atoms with E-state index in [0.717, 1.165) is 24.9 Å². The summed E-state index contributed by atoms with van der Waals surface area (Å²) < 4.78 is 24.7. The van der Waals surface area contributed by atoms with Gasteiger partial charge in [0.1, 0.15) is 0 Å². The Kier molecular flexibility index (Phi) is 10.6. The van der Waals surface area contributed by atoms with Gasteiger partial charge in [-0.3, -0.25) is 4.99 Å². The maximum atomic E-state index is 11.6. The third-order valence-electron chi connectivity index (χ3n) is 4.83. The van der Waals surface area contributed by atoms with Gasteiger partial charge in [-0.05, 0) is 24.3 Å². The van der Waals surface area contributed by atoms with Crippen molar-refractivity contribution < 1.29 is 13.5 Å². The lowest BCUT2D eigenvalue weighted by atomic mass is 9.98. The van der Waals surface area contributed by atoms with Crippen molar-refractivity contribution in [1.29, 1.82) is 0 Å². The summed E-state index contributed by atoms with van der Waals surface area (Å²) in [5.41, 5.74) is 1.09. The molecule has 7 nitrogen and oxygen atoms in total. The Labute approximate surface area is 179 Å². The molecule has 1 aliphatic heterocycles. The van der Waals surface area contributed by atoms with Crippen molar-refractivity contribution in [2.75, 3.05) is 46.1 Å². The summed E-state index contributed by atoms with van der Waals surface area (Å²) in [5, 5.41) is 16.2.